The highest BCUT2D eigenvalue weighted by atomic mass is 35.5. The molecule has 31 heavy (non-hydrogen) atoms. The quantitative estimate of drug-likeness (QED) is 0.716. The maximum Gasteiger partial charge on any atom is 0.315 e. The van der Waals surface area contributed by atoms with Gasteiger partial charge < -0.3 is 25.0 Å². The minimum Gasteiger partial charge on any atom is -0.486 e. The van der Waals surface area contributed by atoms with Crippen molar-refractivity contribution in [3.63, 3.8) is 0 Å². The second kappa shape index (κ2) is 10.1. The Kier molecular flexibility index (Phi) is 7.04. The summed E-state index contributed by atoms with van der Waals surface area (Å²) in [5.41, 5.74) is 2.14. The Balaban J connectivity index is 1.19. The second-order valence-electron chi connectivity index (χ2n) is 7.87. The van der Waals surface area contributed by atoms with Gasteiger partial charge in [-0.05, 0) is 36.8 Å². The van der Waals surface area contributed by atoms with E-state index in [-0.39, 0.29) is 12.1 Å². The third-order valence-electron chi connectivity index (χ3n) is 5.73. The lowest BCUT2D eigenvalue weighted by Crippen LogP contribution is -2.53. The summed E-state index contributed by atoms with van der Waals surface area (Å²) in [6, 6.07) is 14.2. The smallest absolute Gasteiger partial charge is 0.315 e. The van der Waals surface area contributed by atoms with E-state index in [1.807, 2.05) is 12.1 Å². The van der Waals surface area contributed by atoms with Gasteiger partial charge in [0.05, 0.1) is 5.02 Å². The fourth-order valence-corrected chi connectivity index (χ4v) is 4.23. The maximum atomic E-state index is 12.3. The van der Waals surface area contributed by atoms with Crippen LogP contribution >= 0.6 is 11.6 Å². The van der Waals surface area contributed by atoms with E-state index in [2.05, 4.69) is 51.6 Å². The molecule has 2 aliphatic rings. The summed E-state index contributed by atoms with van der Waals surface area (Å²) in [5.74, 6) is 1.20. The summed E-state index contributed by atoms with van der Waals surface area (Å²) in [7, 11) is 0. The lowest BCUT2D eigenvalue weighted by Gasteiger charge is -2.39. The van der Waals surface area contributed by atoms with Gasteiger partial charge >= 0.3 is 6.03 Å². The molecule has 1 fully saturated rings. The highest BCUT2D eigenvalue weighted by Gasteiger charge is 2.22. The molecular weight excluding hydrogens is 416 g/mol. The van der Waals surface area contributed by atoms with Crippen LogP contribution in [0.2, 0.25) is 5.02 Å². The Morgan fingerprint density at radius 2 is 1.81 bits per heavy atom. The number of para-hydroxylation sites is 1. The number of rotatable bonds is 6. The van der Waals surface area contributed by atoms with Crippen molar-refractivity contribution >= 4 is 23.3 Å². The Morgan fingerprint density at radius 1 is 1.06 bits per heavy atom. The molecule has 8 heteroatoms. The molecule has 1 saturated heterocycles. The molecule has 2 aliphatic heterocycles. The van der Waals surface area contributed by atoms with E-state index in [1.165, 1.54) is 5.69 Å². The monoisotopic (exact) mass is 444 g/mol. The summed E-state index contributed by atoms with van der Waals surface area (Å²) < 4.78 is 11.1. The lowest BCUT2D eigenvalue weighted by molar-refractivity contribution is 0.171. The third-order valence-corrected chi connectivity index (χ3v) is 6.01. The van der Waals surface area contributed by atoms with Gasteiger partial charge in [0, 0.05) is 51.0 Å². The molecule has 2 N–H and O–H groups in total. The molecule has 7 nitrogen and oxygen atoms in total. The minimum atomic E-state index is -0.194. The van der Waals surface area contributed by atoms with Crippen LogP contribution in [0.4, 0.5) is 10.5 Å². The molecule has 0 aliphatic carbocycles. The largest absolute Gasteiger partial charge is 0.486 e. The van der Waals surface area contributed by atoms with E-state index in [0.717, 1.165) is 31.7 Å². The van der Waals surface area contributed by atoms with E-state index in [4.69, 9.17) is 21.1 Å². The molecule has 2 heterocycles. The van der Waals surface area contributed by atoms with E-state index in [1.54, 1.807) is 6.07 Å². The number of carbonyl (C=O) groups excluding carboxylic acids is 1. The Hall–Kier alpha value is -2.64. The van der Waals surface area contributed by atoms with Crippen LogP contribution in [-0.2, 0) is 6.54 Å². The van der Waals surface area contributed by atoms with Crippen molar-refractivity contribution < 1.29 is 14.3 Å². The van der Waals surface area contributed by atoms with Gasteiger partial charge in [0.1, 0.15) is 13.2 Å². The molecule has 2 amide bonds. The minimum absolute atomic E-state index is 0.194. The maximum absolute atomic E-state index is 12.3. The number of urea groups is 1. The number of hydrogen-bond acceptors (Lipinski definition) is 5. The SMILES string of the molecule is CC(CNC(=O)NCc1cc(Cl)c2c(c1)OCCO2)N1CCN(c2ccccc2)CC1. The van der Waals surface area contributed by atoms with Crippen LogP contribution in [0, 0.1) is 0 Å². The average molecular weight is 445 g/mol. The molecule has 0 radical (unpaired) electrons. The molecule has 0 spiro atoms. The Morgan fingerprint density at radius 3 is 2.58 bits per heavy atom. The van der Waals surface area contributed by atoms with Crippen LogP contribution < -0.4 is 25.0 Å². The number of ether oxygens (including phenoxy) is 2. The first kappa shape index (κ1) is 21.6. The van der Waals surface area contributed by atoms with Crippen LogP contribution in [0.15, 0.2) is 42.5 Å². The predicted molar refractivity (Wildman–Crippen MR) is 122 cm³/mol. The van der Waals surface area contributed by atoms with Gasteiger partial charge in [-0.3, -0.25) is 4.90 Å². The van der Waals surface area contributed by atoms with Crippen LogP contribution in [0.1, 0.15) is 12.5 Å². The number of nitrogens with zero attached hydrogens (tertiary/aromatic N) is 2. The molecule has 166 valence electrons. The van der Waals surface area contributed by atoms with Crippen molar-refractivity contribution in [2.24, 2.45) is 0 Å². The molecule has 0 saturated carbocycles. The van der Waals surface area contributed by atoms with Gasteiger partial charge in [0.15, 0.2) is 11.5 Å². The Bertz CT molecular complexity index is 888. The summed E-state index contributed by atoms with van der Waals surface area (Å²) in [6.07, 6.45) is 0. The fraction of sp³-hybridized carbons (Fsp3) is 0.435. The second-order valence-corrected chi connectivity index (χ2v) is 8.28. The topological polar surface area (TPSA) is 66.1 Å². The zero-order valence-electron chi connectivity index (χ0n) is 17.8. The summed E-state index contributed by atoms with van der Waals surface area (Å²) in [5, 5.41) is 6.36. The first-order valence-corrected chi connectivity index (χ1v) is 11.1. The number of nitrogens with one attached hydrogen (secondary N) is 2. The molecule has 1 atom stereocenters. The standard InChI is InChI=1S/C23H29ClN4O3/c1-17(27-7-9-28(10-8-27)19-5-3-2-4-6-19)15-25-23(29)26-16-18-13-20(24)22-21(14-18)30-11-12-31-22/h2-6,13-14,17H,7-12,15-16H2,1H3,(H2,25,26,29). The number of anilines is 1. The highest BCUT2D eigenvalue weighted by Crippen LogP contribution is 2.38. The zero-order chi connectivity index (χ0) is 21.6. The van der Waals surface area contributed by atoms with Crippen molar-refractivity contribution in [2.45, 2.75) is 19.5 Å². The van der Waals surface area contributed by atoms with Crippen LogP contribution in [0.5, 0.6) is 11.5 Å². The number of halogens is 1. The number of benzene rings is 2. The molecular formula is C23H29ClN4O3. The van der Waals surface area contributed by atoms with Crippen LogP contribution in [-0.4, -0.2) is 62.9 Å². The lowest BCUT2D eigenvalue weighted by atomic mass is 10.2. The molecule has 0 aromatic heterocycles. The van der Waals surface area contributed by atoms with Gasteiger partial charge in [0.2, 0.25) is 0 Å². The third kappa shape index (κ3) is 5.54. The van der Waals surface area contributed by atoms with Crippen LogP contribution in [0.3, 0.4) is 0 Å². The highest BCUT2D eigenvalue weighted by molar-refractivity contribution is 6.32. The number of piperazine rings is 1. The van der Waals surface area contributed by atoms with Gasteiger partial charge in [-0.2, -0.15) is 0 Å². The average Bonchev–Trinajstić information content (AvgIpc) is 2.82. The molecule has 0 bridgehead atoms. The summed E-state index contributed by atoms with van der Waals surface area (Å²) in [4.78, 5) is 17.1. The van der Waals surface area contributed by atoms with E-state index in [0.29, 0.717) is 42.8 Å². The van der Waals surface area contributed by atoms with Crippen molar-refractivity contribution in [3.05, 3.63) is 53.1 Å². The first-order valence-electron chi connectivity index (χ1n) is 10.7. The van der Waals surface area contributed by atoms with E-state index >= 15 is 0 Å². The zero-order valence-corrected chi connectivity index (χ0v) is 18.5. The van der Waals surface area contributed by atoms with Crippen molar-refractivity contribution in [1.29, 1.82) is 0 Å². The van der Waals surface area contributed by atoms with Crippen molar-refractivity contribution in [1.82, 2.24) is 15.5 Å². The van der Waals surface area contributed by atoms with Gasteiger partial charge in [-0.15, -0.1) is 0 Å². The van der Waals surface area contributed by atoms with Gasteiger partial charge in [-0.1, -0.05) is 29.8 Å². The van der Waals surface area contributed by atoms with Crippen molar-refractivity contribution in [2.75, 3.05) is 50.8 Å². The van der Waals surface area contributed by atoms with E-state index in [9.17, 15) is 4.79 Å². The number of amides is 2. The molecule has 2 aromatic rings. The summed E-state index contributed by atoms with van der Waals surface area (Å²) in [6.45, 7) is 8.05. The first-order chi connectivity index (χ1) is 15.1. The number of fused-ring (bicyclic) bond motifs is 1. The number of hydrogen-bond donors (Lipinski definition) is 2. The summed E-state index contributed by atoms with van der Waals surface area (Å²) >= 11 is 6.26. The van der Waals surface area contributed by atoms with Crippen molar-refractivity contribution in [3.8, 4) is 11.5 Å². The Labute approximate surface area is 188 Å². The predicted octanol–water partition coefficient (Wildman–Crippen LogP) is 3.12. The normalized spacial score (nSPS) is 17.2. The van der Waals surface area contributed by atoms with E-state index < -0.39 is 0 Å². The fourth-order valence-electron chi connectivity index (χ4n) is 3.94. The molecule has 1 unspecified atom stereocenters. The van der Waals surface area contributed by atoms with Gasteiger partial charge in [-0.25, -0.2) is 4.79 Å². The molecule has 2 aromatic carbocycles. The molecule has 4 rings (SSSR count). The number of carbonyl (C=O) groups is 1. The van der Waals surface area contributed by atoms with Gasteiger partial charge in [0.25, 0.3) is 0 Å². The van der Waals surface area contributed by atoms with Crippen LogP contribution in [0.25, 0.3) is 0 Å².